The van der Waals surface area contributed by atoms with Gasteiger partial charge in [0.1, 0.15) is 57.6 Å². The number of carboxylic acids is 1. The highest BCUT2D eigenvalue weighted by Crippen LogP contribution is 2.45. The van der Waals surface area contributed by atoms with Crippen molar-refractivity contribution in [3.8, 4) is 28.0 Å². The molecule has 5 rings (SSSR count). The maximum atomic E-state index is 14.5. The van der Waals surface area contributed by atoms with Crippen LogP contribution in [0.5, 0.6) is 17.4 Å². The first-order valence-electron chi connectivity index (χ1n) is 16.5. The lowest BCUT2D eigenvalue weighted by Gasteiger charge is -2.35. The third-order valence-electron chi connectivity index (χ3n) is 8.84. The number of benzene rings is 1. The van der Waals surface area contributed by atoms with E-state index in [1.165, 1.54) is 36.5 Å². The molecule has 1 saturated heterocycles. The number of hydrogen-bond donors (Lipinski definition) is 3. The SMILES string of the molecule is C=C[C@@H]1CC1(NC(=O)[C@@H]1C[C@@H](Oc2nc3c(OC)ccc(OC)c3nc2-c2cccs2)CN1C(=O)[C@@H](NC(=O)OC(C)(C)C)C(C)(C)C)C(=O)O. The number of hydrogen-bond acceptors (Lipinski definition) is 11. The van der Waals surface area contributed by atoms with Gasteiger partial charge in [-0.3, -0.25) is 9.59 Å². The molecule has 1 aliphatic carbocycles. The Morgan fingerprint density at radius 3 is 2.22 bits per heavy atom. The van der Waals surface area contributed by atoms with Crippen LogP contribution in [0.1, 0.15) is 54.4 Å². The zero-order valence-corrected chi connectivity index (χ0v) is 30.9. The Labute approximate surface area is 300 Å². The highest BCUT2D eigenvalue weighted by Gasteiger charge is 2.61. The van der Waals surface area contributed by atoms with Gasteiger partial charge in [-0.2, -0.15) is 0 Å². The van der Waals surface area contributed by atoms with E-state index < -0.39 is 64.5 Å². The van der Waals surface area contributed by atoms with Crippen molar-refractivity contribution in [2.24, 2.45) is 11.3 Å². The van der Waals surface area contributed by atoms with E-state index in [2.05, 4.69) is 17.2 Å². The average Bonchev–Trinajstić information content (AvgIpc) is 3.35. The predicted molar refractivity (Wildman–Crippen MR) is 190 cm³/mol. The van der Waals surface area contributed by atoms with Crippen LogP contribution in [0.2, 0.25) is 0 Å². The zero-order valence-electron chi connectivity index (χ0n) is 30.1. The molecule has 2 aliphatic rings. The van der Waals surface area contributed by atoms with Gasteiger partial charge in [-0.15, -0.1) is 17.9 Å². The molecule has 3 amide bonds. The summed E-state index contributed by atoms with van der Waals surface area (Å²) in [5, 5.41) is 17.3. The summed E-state index contributed by atoms with van der Waals surface area (Å²) in [5.41, 5.74) is -1.91. The first kappa shape index (κ1) is 37.3. The van der Waals surface area contributed by atoms with Gasteiger partial charge >= 0.3 is 12.1 Å². The number of methoxy groups -OCH3 is 2. The summed E-state index contributed by atoms with van der Waals surface area (Å²) in [6.45, 7) is 14.1. The summed E-state index contributed by atoms with van der Waals surface area (Å²) >= 11 is 1.43. The number of aromatic nitrogens is 2. The molecule has 2 fully saturated rings. The molecule has 14 nitrogen and oxygen atoms in total. The van der Waals surface area contributed by atoms with Gasteiger partial charge in [0.25, 0.3) is 0 Å². The molecule has 1 saturated carbocycles. The number of carbonyl (C=O) groups excluding carboxylic acids is 3. The molecule has 0 spiro atoms. The first-order chi connectivity index (χ1) is 23.9. The summed E-state index contributed by atoms with van der Waals surface area (Å²) in [7, 11) is 3.04. The van der Waals surface area contributed by atoms with Crippen LogP contribution in [0.15, 0.2) is 42.3 Å². The maximum absolute atomic E-state index is 14.5. The number of thiophene rings is 1. The molecule has 51 heavy (non-hydrogen) atoms. The quantitative estimate of drug-likeness (QED) is 0.231. The van der Waals surface area contributed by atoms with Crippen LogP contribution in [-0.2, 0) is 19.1 Å². The van der Waals surface area contributed by atoms with Crippen LogP contribution in [0.25, 0.3) is 21.6 Å². The average molecular weight is 724 g/mol. The minimum atomic E-state index is -1.53. The molecule has 2 aromatic heterocycles. The molecule has 15 heteroatoms. The van der Waals surface area contributed by atoms with Crippen molar-refractivity contribution in [1.29, 1.82) is 0 Å². The fraction of sp³-hybridized carbons (Fsp3) is 0.500. The highest BCUT2D eigenvalue weighted by molar-refractivity contribution is 7.13. The summed E-state index contributed by atoms with van der Waals surface area (Å²) in [4.78, 5) is 65.5. The fourth-order valence-corrected chi connectivity index (χ4v) is 6.86. The molecule has 1 aliphatic heterocycles. The van der Waals surface area contributed by atoms with E-state index in [9.17, 15) is 24.3 Å². The summed E-state index contributed by atoms with van der Waals surface area (Å²) in [6, 6.07) is 4.91. The van der Waals surface area contributed by atoms with E-state index in [-0.39, 0.29) is 25.3 Å². The smallest absolute Gasteiger partial charge is 0.408 e. The molecular weight excluding hydrogens is 678 g/mol. The fourth-order valence-electron chi connectivity index (χ4n) is 6.15. The molecule has 274 valence electrons. The second-order valence-electron chi connectivity index (χ2n) is 14.8. The Balaban J connectivity index is 1.54. The second kappa shape index (κ2) is 14.0. The summed E-state index contributed by atoms with van der Waals surface area (Å²) in [6.07, 6.45) is 0.0756. The van der Waals surface area contributed by atoms with E-state index >= 15 is 0 Å². The van der Waals surface area contributed by atoms with Gasteiger partial charge in [-0.05, 0) is 56.2 Å². The summed E-state index contributed by atoms with van der Waals surface area (Å²) in [5.74, 6) is -1.84. The number of alkyl carbamates (subject to hydrolysis) is 1. The van der Waals surface area contributed by atoms with Gasteiger partial charge in [-0.25, -0.2) is 19.6 Å². The minimum absolute atomic E-state index is 0.00578. The number of amides is 3. The van der Waals surface area contributed by atoms with Crippen molar-refractivity contribution in [3.63, 3.8) is 0 Å². The van der Waals surface area contributed by atoms with Crippen LogP contribution in [0, 0.1) is 11.3 Å². The van der Waals surface area contributed by atoms with Crippen LogP contribution in [-0.4, -0.2) is 93.9 Å². The van der Waals surface area contributed by atoms with Crippen LogP contribution < -0.4 is 24.8 Å². The van der Waals surface area contributed by atoms with Gasteiger partial charge in [0.15, 0.2) is 0 Å². The van der Waals surface area contributed by atoms with Crippen LogP contribution in [0.4, 0.5) is 4.79 Å². The van der Waals surface area contributed by atoms with Gasteiger partial charge in [-0.1, -0.05) is 32.9 Å². The standard InChI is InChI=1S/C36H45N5O9S/c1-10-19-17-36(19,32(44)45)40-29(42)21-16-20(18-41(21)31(43)28(34(2,3)4)39-33(46)50-35(5,6)7)49-30-27(24-12-11-15-51-24)37-25-22(47-8)13-14-23(48-9)26(25)38-30/h10-15,19-21,28H,1,16-18H2,2-9H3,(H,39,46)(H,40,42)(H,44,45)/t19-,20-,21+,28-,36?/m1/s1. The highest BCUT2D eigenvalue weighted by atomic mass is 32.1. The predicted octanol–water partition coefficient (Wildman–Crippen LogP) is 4.81. The number of aliphatic carboxylic acids is 1. The number of likely N-dealkylation sites (tertiary alicyclic amines) is 1. The lowest BCUT2D eigenvalue weighted by atomic mass is 9.85. The van der Waals surface area contributed by atoms with Crippen molar-refractivity contribution < 1.29 is 43.2 Å². The molecule has 0 bridgehead atoms. The van der Waals surface area contributed by atoms with Gasteiger partial charge in [0.2, 0.25) is 17.7 Å². The topological polar surface area (TPSA) is 179 Å². The second-order valence-corrected chi connectivity index (χ2v) is 15.7. The number of fused-ring (bicyclic) bond motifs is 1. The first-order valence-corrected chi connectivity index (χ1v) is 17.4. The Kier molecular flexibility index (Phi) is 10.3. The number of carbonyl (C=O) groups is 4. The van der Waals surface area contributed by atoms with Crippen LogP contribution in [0.3, 0.4) is 0 Å². The zero-order chi connectivity index (χ0) is 37.5. The van der Waals surface area contributed by atoms with Crippen LogP contribution >= 0.6 is 11.3 Å². The van der Waals surface area contributed by atoms with Crippen molar-refractivity contribution in [3.05, 3.63) is 42.3 Å². The van der Waals surface area contributed by atoms with Crippen molar-refractivity contribution >= 4 is 46.2 Å². The van der Waals surface area contributed by atoms with Crippen molar-refractivity contribution in [2.75, 3.05) is 20.8 Å². The third kappa shape index (κ3) is 7.72. The Bertz CT molecular complexity index is 1830. The Morgan fingerprint density at radius 1 is 1.06 bits per heavy atom. The van der Waals surface area contributed by atoms with E-state index in [4.69, 9.17) is 28.9 Å². The molecule has 1 aromatic carbocycles. The molecule has 5 atom stereocenters. The van der Waals surface area contributed by atoms with E-state index in [0.29, 0.717) is 28.2 Å². The maximum Gasteiger partial charge on any atom is 0.408 e. The number of ether oxygens (including phenoxy) is 4. The minimum Gasteiger partial charge on any atom is -0.494 e. The van der Waals surface area contributed by atoms with Crippen molar-refractivity contribution in [2.45, 2.75) is 83.7 Å². The number of nitrogens with one attached hydrogen (secondary N) is 2. The Hall–Kier alpha value is -4.92. The van der Waals surface area contributed by atoms with Gasteiger partial charge in [0.05, 0.1) is 25.6 Å². The molecule has 3 heterocycles. The van der Waals surface area contributed by atoms with Gasteiger partial charge < -0.3 is 39.6 Å². The number of carboxylic acid groups (broad SMARTS) is 1. The summed E-state index contributed by atoms with van der Waals surface area (Å²) < 4.78 is 23.1. The monoisotopic (exact) mass is 723 g/mol. The molecule has 1 unspecified atom stereocenters. The molecular formula is C36H45N5O9S. The third-order valence-corrected chi connectivity index (χ3v) is 9.72. The van der Waals surface area contributed by atoms with E-state index in [1.807, 2.05) is 17.5 Å². The lowest BCUT2D eigenvalue weighted by Crippen LogP contribution is -2.59. The number of nitrogens with zero attached hydrogens (tertiary/aromatic N) is 3. The van der Waals surface area contributed by atoms with E-state index in [1.54, 1.807) is 53.7 Å². The van der Waals surface area contributed by atoms with Gasteiger partial charge in [0, 0.05) is 12.3 Å². The lowest BCUT2D eigenvalue weighted by molar-refractivity contribution is -0.146. The molecule has 3 N–H and O–H groups in total. The van der Waals surface area contributed by atoms with E-state index in [0.717, 1.165) is 4.88 Å². The number of rotatable bonds is 11. The van der Waals surface area contributed by atoms with Crippen molar-refractivity contribution in [1.82, 2.24) is 25.5 Å². The largest absolute Gasteiger partial charge is 0.494 e. The Morgan fingerprint density at radius 2 is 1.71 bits per heavy atom. The normalized spacial score (nSPS) is 22.1. The molecule has 0 radical (unpaired) electrons. The molecule has 3 aromatic rings.